The van der Waals surface area contributed by atoms with Crippen molar-refractivity contribution in [2.24, 2.45) is 0 Å². The second kappa shape index (κ2) is 8.97. The van der Waals surface area contributed by atoms with Crippen LogP contribution in [0.2, 0.25) is 0 Å². The number of halogens is 2. The van der Waals surface area contributed by atoms with Gasteiger partial charge in [0.25, 0.3) is 0 Å². The smallest absolute Gasteiger partial charge is 0.159 e. The number of aliphatic hydroxyl groups is 1. The molecule has 2 N–H and O–H groups in total. The van der Waals surface area contributed by atoms with Crippen molar-refractivity contribution in [1.82, 2.24) is 5.32 Å². The van der Waals surface area contributed by atoms with Crippen LogP contribution >= 0.6 is 0 Å². The summed E-state index contributed by atoms with van der Waals surface area (Å²) in [6, 6.07) is 3.71. The first-order chi connectivity index (χ1) is 9.52. The van der Waals surface area contributed by atoms with Crippen molar-refractivity contribution in [3.8, 4) is 0 Å². The van der Waals surface area contributed by atoms with Gasteiger partial charge in [0.05, 0.1) is 25.4 Å². The zero-order valence-corrected chi connectivity index (χ0v) is 11.7. The van der Waals surface area contributed by atoms with Gasteiger partial charge >= 0.3 is 0 Å². The van der Waals surface area contributed by atoms with E-state index in [0.29, 0.717) is 25.3 Å². The molecule has 0 fully saturated rings. The van der Waals surface area contributed by atoms with Crippen LogP contribution in [0.15, 0.2) is 18.2 Å². The molecule has 0 saturated carbocycles. The molecule has 0 spiro atoms. The molecule has 1 aromatic rings. The third-order valence-electron chi connectivity index (χ3n) is 2.67. The second-order valence-electron chi connectivity index (χ2n) is 4.63. The fourth-order valence-corrected chi connectivity index (χ4v) is 1.65. The summed E-state index contributed by atoms with van der Waals surface area (Å²) in [5.41, 5.74) is 0.616. The van der Waals surface area contributed by atoms with Gasteiger partial charge in [-0.2, -0.15) is 0 Å². The zero-order chi connectivity index (χ0) is 15.0. The van der Waals surface area contributed by atoms with E-state index in [1.54, 1.807) is 7.11 Å². The molecular formula is C14H21F2NO3. The molecule has 0 bridgehead atoms. The van der Waals surface area contributed by atoms with Crippen molar-refractivity contribution in [3.63, 3.8) is 0 Å². The zero-order valence-electron chi connectivity index (χ0n) is 11.7. The molecule has 0 aliphatic rings. The van der Waals surface area contributed by atoms with Crippen LogP contribution in [0.1, 0.15) is 12.5 Å². The normalized spacial score (nSPS) is 14.2. The number of rotatable bonds is 9. The minimum atomic E-state index is -0.874. The van der Waals surface area contributed by atoms with E-state index >= 15 is 0 Å². The molecule has 0 aromatic heterocycles. The van der Waals surface area contributed by atoms with Gasteiger partial charge in [0, 0.05) is 20.2 Å². The Morgan fingerprint density at radius 3 is 2.65 bits per heavy atom. The second-order valence-corrected chi connectivity index (χ2v) is 4.63. The van der Waals surface area contributed by atoms with Crippen molar-refractivity contribution in [2.45, 2.75) is 25.7 Å². The Bertz CT molecular complexity index is 404. The fraction of sp³-hybridized carbons (Fsp3) is 0.571. The van der Waals surface area contributed by atoms with Gasteiger partial charge in [-0.3, -0.25) is 0 Å². The van der Waals surface area contributed by atoms with Crippen LogP contribution in [0.3, 0.4) is 0 Å². The van der Waals surface area contributed by atoms with Gasteiger partial charge in [-0.15, -0.1) is 0 Å². The van der Waals surface area contributed by atoms with Crippen molar-refractivity contribution in [2.75, 3.05) is 26.9 Å². The molecule has 4 nitrogen and oxygen atoms in total. The van der Waals surface area contributed by atoms with Crippen LogP contribution in [0.25, 0.3) is 0 Å². The molecule has 0 aliphatic carbocycles. The van der Waals surface area contributed by atoms with Gasteiger partial charge < -0.3 is 19.9 Å². The maximum atomic E-state index is 13.0. The average molecular weight is 289 g/mol. The van der Waals surface area contributed by atoms with E-state index in [4.69, 9.17) is 9.47 Å². The van der Waals surface area contributed by atoms with Gasteiger partial charge in [0.2, 0.25) is 0 Å². The highest BCUT2D eigenvalue weighted by atomic mass is 19.2. The quantitative estimate of drug-likeness (QED) is 0.723. The Labute approximate surface area is 117 Å². The highest BCUT2D eigenvalue weighted by molar-refractivity contribution is 5.17. The van der Waals surface area contributed by atoms with Crippen LogP contribution in [-0.4, -0.2) is 44.2 Å². The predicted molar refractivity (Wildman–Crippen MR) is 71.4 cm³/mol. The lowest BCUT2D eigenvalue weighted by Crippen LogP contribution is -2.32. The van der Waals surface area contributed by atoms with Crippen LogP contribution in [0.4, 0.5) is 8.78 Å². The fourth-order valence-electron chi connectivity index (χ4n) is 1.65. The van der Waals surface area contributed by atoms with Gasteiger partial charge in [0.1, 0.15) is 0 Å². The van der Waals surface area contributed by atoms with Gasteiger partial charge in [-0.25, -0.2) is 8.78 Å². The Kier molecular flexibility index (Phi) is 7.61. The van der Waals surface area contributed by atoms with Crippen molar-refractivity contribution < 1.29 is 23.4 Å². The molecule has 20 heavy (non-hydrogen) atoms. The van der Waals surface area contributed by atoms with Crippen molar-refractivity contribution in [1.29, 1.82) is 0 Å². The summed E-state index contributed by atoms with van der Waals surface area (Å²) in [6.07, 6.45) is -0.750. The summed E-state index contributed by atoms with van der Waals surface area (Å²) in [4.78, 5) is 0. The molecule has 0 saturated heterocycles. The number of methoxy groups -OCH3 is 1. The Morgan fingerprint density at radius 1 is 1.25 bits per heavy atom. The van der Waals surface area contributed by atoms with Crippen molar-refractivity contribution >= 4 is 0 Å². The third kappa shape index (κ3) is 6.38. The molecular weight excluding hydrogens is 268 g/mol. The van der Waals surface area contributed by atoms with E-state index in [1.807, 2.05) is 6.92 Å². The van der Waals surface area contributed by atoms with E-state index in [-0.39, 0.29) is 12.7 Å². The van der Waals surface area contributed by atoms with Crippen LogP contribution in [0.5, 0.6) is 0 Å². The summed E-state index contributed by atoms with van der Waals surface area (Å²) in [5.74, 6) is -1.74. The molecule has 0 amide bonds. The van der Waals surface area contributed by atoms with E-state index in [9.17, 15) is 13.9 Å². The lowest BCUT2D eigenvalue weighted by Gasteiger charge is -2.16. The highest BCUT2D eigenvalue weighted by Gasteiger charge is 2.08. The van der Waals surface area contributed by atoms with Crippen LogP contribution in [-0.2, 0) is 16.0 Å². The lowest BCUT2D eigenvalue weighted by atomic mass is 10.2. The molecule has 1 aromatic carbocycles. The number of ether oxygens (including phenoxy) is 2. The molecule has 6 heteroatoms. The van der Waals surface area contributed by atoms with Gasteiger partial charge in [-0.1, -0.05) is 6.07 Å². The number of aliphatic hydroxyl groups excluding tert-OH is 1. The molecule has 114 valence electrons. The first-order valence-electron chi connectivity index (χ1n) is 6.46. The van der Waals surface area contributed by atoms with Gasteiger partial charge in [0.15, 0.2) is 11.6 Å². The first kappa shape index (κ1) is 17.0. The Morgan fingerprint density at radius 2 is 2.00 bits per heavy atom. The predicted octanol–water partition coefficient (Wildman–Crippen LogP) is 1.47. The maximum absolute atomic E-state index is 13.0. The van der Waals surface area contributed by atoms with E-state index in [2.05, 4.69) is 5.32 Å². The monoisotopic (exact) mass is 289 g/mol. The maximum Gasteiger partial charge on any atom is 0.159 e. The number of nitrogens with one attached hydrogen (secondary N) is 1. The molecule has 0 aliphatic heterocycles. The number of hydrogen-bond acceptors (Lipinski definition) is 4. The topological polar surface area (TPSA) is 50.7 Å². The minimum absolute atomic E-state index is 0.0826. The standard InChI is InChI=1S/C14H21F2NO3/c1-10(8-19-2)20-9-12(18)7-17-6-11-3-4-13(15)14(16)5-11/h3-5,10,12,17-18H,6-9H2,1-2H3. The molecule has 1 rings (SSSR count). The highest BCUT2D eigenvalue weighted by Crippen LogP contribution is 2.08. The van der Waals surface area contributed by atoms with Gasteiger partial charge in [-0.05, 0) is 24.6 Å². The lowest BCUT2D eigenvalue weighted by molar-refractivity contribution is -0.0311. The third-order valence-corrected chi connectivity index (χ3v) is 2.67. The molecule has 2 unspecified atom stereocenters. The van der Waals surface area contributed by atoms with E-state index in [1.165, 1.54) is 6.07 Å². The Hall–Kier alpha value is -1.08. The van der Waals surface area contributed by atoms with E-state index < -0.39 is 17.7 Å². The van der Waals surface area contributed by atoms with Crippen molar-refractivity contribution in [3.05, 3.63) is 35.4 Å². The Balaban J connectivity index is 2.21. The summed E-state index contributed by atoms with van der Waals surface area (Å²) in [5, 5.41) is 12.6. The number of hydrogen-bond donors (Lipinski definition) is 2. The summed E-state index contributed by atoms with van der Waals surface area (Å²) in [6.45, 7) is 3.16. The SMILES string of the molecule is COCC(C)OCC(O)CNCc1ccc(F)c(F)c1. The largest absolute Gasteiger partial charge is 0.389 e. The van der Waals surface area contributed by atoms with Crippen LogP contribution < -0.4 is 5.32 Å². The minimum Gasteiger partial charge on any atom is -0.389 e. The summed E-state index contributed by atoms with van der Waals surface area (Å²) >= 11 is 0. The first-order valence-corrected chi connectivity index (χ1v) is 6.46. The summed E-state index contributed by atoms with van der Waals surface area (Å²) in [7, 11) is 1.58. The summed E-state index contributed by atoms with van der Waals surface area (Å²) < 4.78 is 36.0. The molecule has 2 atom stereocenters. The van der Waals surface area contributed by atoms with Crippen LogP contribution in [0, 0.1) is 11.6 Å². The average Bonchev–Trinajstić information content (AvgIpc) is 2.41. The molecule has 0 heterocycles. The number of benzene rings is 1. The molecule has 0 radical (unpaired) electrons. The van der Waals surface area contributed by atoms with E-state index in [0.717, 1.165) is 12.1 Å².